The van der Waals surface area contributed by atoms with E-state index in [1.165, 1.54) is 12.2 Å². The molecule has 2 spiro atoms. The van der Waals surface area contributed by atoms with Crippen molar-refractivity contribution in [2.24, 2.45) is 16.7 Å². The molecule has 0 amide bonds. The van der Waals surface area contributed by atoms with E-state index >= 15 is 0 Å². The molecule has 7 rings (SSSR count). The molecule has 4 bridgehead atoms. The van der Waals surface area contributed by atoms with Gasteiger partial charge in [-0.1, -0.05) is 19.9 Å². The van der Waals surface area contributed by atoms with E-state index in [-0.39, 0.29) is 25.7 Å². The maximum Gasteiger partial charge on any atom is 0.330 e. The lowest BCUT2D eigenvalue weighted by molar-refractivity contribution is -0.188. The van der Waals surface area contributed by atoms with Crippen molar-refractivity contribution in [1.82, 2.24) is 0 Å². The van der Waals surface area contributed by atoms with E-state index < -0.39 is 58.6 Å². The molecule has 10 unspecified atom stereocenters. The average molecular weight is 545 g/mol. The predicted octanol–water partition coefficient (Wildman–Crippen LogP) is 1.83. The number of esters is 2. The Morgan fingerprint density at radius 1 is 1.03 bits per heavy atom. The number of allylic oxidation sites excluding steroid dienone is 2. The van der Waals surface area contributed by atoms with E-state index in [4.69, 9.17) is 28.4 Å². The van der Waals surface area contributed by atoms with E-state index in [9.17, 15) is 19.8 Å². The van der Waals surface area contributed by atoms with Gasteiger partial charge >= 0.3 is 11.9 Å². The van der Waals surface area contributed by atoms with Crippen molar-refractivity contribution < 1.29 is 48.2 Å². The van der Waals surface area contributed by atoms with Crippen molar-refractivity contribution in [1.29, 1.82) is 0 Å². The predicted molar refractivity (Wildman–Crippen MR) is 133 cm³/mol. The molecule has 5 aliphatic heterocycles. The highest BCUT2D eigenvalue weighted by atomic mass is 16.7. The fourth-order valence-corrected chi connectivity index (χ4v) is 8.36. The Hall–Kier alpha value is -2.24. The zero-order valence-corrected chi connectivity index (χ0v) is 22.3. The van der Waals surface area contributed by atoms with Gasteiger partial charge in [0.2, 0.25) is 0 Å². The van der Waals surface area contributed by atoms with Crippen LogP contribution >= 0.6 is 0 Å². The molecule has 2 aliphatic carbocycles. The summed E-state index contributed by atoms with van der Waals surface area (Å²) in [6.07, 6.45) is 5.45. The lowest BCUT2D eigenvalue weighted by Gasteiger charge is -2.56. The number of rotatable bonds is 0. The number of hydrogen-bond acceptors (Lipinski definition) is 10. The molecule has 0 aromatic carbocycles. The molecule has 5 fully saturated rings. The van der Waals surface area contributed by atoms with E-state index in [0.717, 1.165) is 12.2 Å². The number of carbonyl (C=O) groups is 2. The molecule has 4 saturated heterocycles. The lowest BCUT2D eigenvalue weighted by atomic mass is 9.52. The molecule has 7 aliphatic rings. The Kier molecular flexibility index (Phi) is 5.69. The summed E-state index contributed by atoms with van der Waals surface area (Å²) >= 11 is 0. The molecule has 10 atom stereocenters. The van der Waals surface area contributed by atoms with Gasteiger partial charge in [-0.15, -0.1) is 0 Å². The number of ether oxygens (including phenoxy) is 6. The van der Waals surface area contributed by atoms with Gasteiger partial charge in [0.05, 0.1) is 24.0 Å². The Balaban J connectivity index is 1.30. The van der Waals surface area contributed by atoms with Crippen molar-refractivity contribution in [3.8, 4) is 0 Å². The van der Waals surface area contributed by atoms with Gasteiger partial charge in [-0.05, 0) is 49.7 Å². The second-order valence-corrected chi connectivity index (χ2v) is 12.5. The fraction of sp³-hybridized carbons (Fsp3) is 0.724. The van der Waals surface area contributed by atoms with Crippen LogP contribution in [0, 0.1) is 16.7 Å². The summed E-state index contributed by atoms with van der Waals surface area (Å²) in [6.45, 7) is 5.04. The molecule has 2 N–H and O–H groups in total. The highest BCUT2D eigenvalue weighted by Gasteiger charge is 2.83. The minimum atomic E-state index is -1.46. The smallest absolute Gasteiger partial charge is 0.330 e. The van der Waals surface area contributed by atoms with Crippen LogP contribution in [0.1, 0.15) is 52.4 Å². The van der Waals surface area contributed by atoms with Gasteiger partial charge < -0.3 is 38.6 Å². The molecule has 0 radical (unpaired) electrons. The second-order valence-electron chi connectivity index (χ2n) is 12.5. The second kappa shape index (κ2) is 8.63. The maximum atomic E-state index is 13.4. The number of epoxide rings is 1. The Labute approximate surface area is 226 Å². The Bertz CT molecular complexity index is 1170. The van der Waals surface area contributed by atoms with Gasteiger partial charge in [0.15, 0.2) is 6.29 Å². The Morgan fingerprint density at radius 2 is 1.85 bits per heavy atom. The third kappa shape index (κ3) is 3.38. The van der Waals surface area contributed by atoms with Crippen molar-refractivity contribution in [3.63, 3.8) is 0 Å². The van der Waals surface area contributed by atoms with E-state index in [2.05, 4.69) is 19.9 Å². The average Bonchev–Trinajstić information content (AvgIpc) is 3.64. The van der Waals surface area contributed by atoms with Crippen molar-refractivity contribution in [2.75, 3.05) is 19.8 Å². The van der Waals surface area contributed by atoms with Crippen LogP contribution < -0.4 is 0 Å². The normalized spacial score (nSPS) is 50.7. The molecule has 1 saturated carbocycles. The fourth-order valence-electron chi connectivity index (χ4n) is 8.36. The van der Waals surface area contributed by atoms with Gasteiger partial charge in [-0.2, -0.15) is 0 Å². The van der Waals surface area contributed by atoms with Crippen LogP contribution in [0.25, 0.3) is 0 Å². The van der Waals surface area contributed by atoms with Gasteiger partial charge in [-0.3, -0.25) is 0 Å². The molecule has 5 heterocycles. The monoisotopic (exact) mass is 544 g/mol. The van der Waals surface area contributed by atoms with Crippen LogP contribution in [-0.2, 0) is 38.0 Å². The number of aliphatic hydroxyl groups excluding tert-OH is 2. The highest BCUT2D eigenvalue weighted by molar-refractivity contribution is 5.83. The topological polar surface area (TPSA) is 133 Å². The standard InChI is InChI=1S/C29H36O10/c1-16-6-9-27-14-34-22(31)12-17-7-10-35-28(23(32)25(33)39-24(17)28)8-4-3-5-21(30)38-18-13-20(37-19(27)11-16)29(15-36-29)26(18,27)2/h3,5,11-12,16,18,20,23-25,32-33H,4,6-10,13-15H2,1-2H3. The van der Waals surface area contributed by atoms with Crippen molar-refractivity contribution in [2.45, 2.75) is 94.3 Å². The van der Waals surface area contributed by atoms with Crippen molar-refractivity contribution in [3.05, 3.63) is 35.6 Å². The quantitative estimate of drug-likeness (QED) is 0.344. The molecule has 10 nitrogen and oxygen atoms in total. The number of carbonyl (C=O) groups excluding carboxylic acids is 2. The van der Waals surface area contributed by atoms with Crippen LogP contribution in [0.5, 0.6) is 0 Å². The van der Waals surface area contributed by atoms with Crippen molar-refractivity contribution >= 4 is 11.9 Å². The molecule has 39 heavy (non-hydrogen) atoms. The molecule has 10 heteroatoms. The van der Waals surface area contributed by atoms with Gasteiger partial charge in [0.25, 0.3) is 0 Å². The Morgan fingerprint density at radius 3 is 2.64 bits per heavy atom. The minimum Gasteiger partial charge on any atom is -0.491 e. The summed E-state index contributed by atoms with van der Waals surface area (Å²) in [4.78, 5) is 26.5. The number of hydrogen-bond donors (Lipinski definition) is 2. The number of aliphatic hydroxyl groups is 2. The van der Waals surface area contributed by atoms with Gasteiger partial charge in [-0.25, -0.2) is 9.59 Å². The third-order valence-corrected chi connectivity index (χ3v) is 10.7. The first-order chi connectivity index (χ1) is 18.7. The van der Waals surface area contributed by atoms with Crippen LogP contribution in [0.15, 0.2) is 35.6 Å². The van der Waals surface area contributed by atoms with Gasteiger partial charge in [0.1, 0.15) is 48.0 Å². The SMILES string of the molecule is CC1C=C2OC3CC4OC(=O)C=CCCC56OCCC(=CC(=O)OCC2(CC1)C4(C)C31CO1)C5OC(O)C6O. The largest absolute Gasteiger partial charge is 0.491 e. The van der Waals surface area contributed by atoms with Crippen LogP contribution in [0.2, 0.25) is 0 Å². The van der Waals surface area contributed by atoms with Crippen LogP contribution in [0.4, 0.5) is 0 Å². The summed E-state index contributed by atoms with van der Waals surface area (Å²) in [6, 6.07) is 0. The summed E-state index contributed by atoms with van der Waals surface area (Å²) in [5, 5.41) is 21.2. The zero-order chi connectivity index (χ0) is 27.2. The first-order valence-corrected chi connectivity index (χ1v) is 14.1. The number of cyclic esters (lactones) is 1. The summed E-state index contributed by atoms with van der Waals surface area (Å²) in [5.74, 6) is 0.0854. The molecular formula is C29H36O10. The summed E-state index contributed by atoms with van der Waals surface area (Å²) < 4.78 is 36.6. The maximum absolute atomic E-state index is 13.4. The van der Waals surface area contributed by atoms with E-state index in [1.54, 1.807) is 6.08 Å². The zero-order valence-electron chi connectivity index (χ0n) is 22.3. The minimum absolute atomic E-state index is 0.0464. The van der Waals surface area contributed by atoms with Crippen LogP contribution in [-0.4, -0.2) is 83.9 Å². The summed E-state index contributed by atoms with van der Waals surface area (Å²) in [7, 11) is 0. The molecule has 212 valence electrons. The molecule has 0 aromatic rings. The first kappa shape index (κ1) is 25.7. The van der Waals surface area contributed by atoms with Gasteiger partial charge in [0, 0.05) is 18.6 Å². The van der Waals surface area contributed by atoms with E-state index in [0.29, 0.717) is 43.8 Å². The summed E-state index contributed by atoms with van der Waals surface area (Å²) in [5.41, 5.74) is -2.61. The lowest BCUT2D eigenvalue weighted by Crippen LogP contribution is -2.62. The van der Waals surface area contributed by atoms with E-state index in [1.807, 2.05) is 0 Å². The molecule has 0 aromatic heterocycles. The third-order valence-electron chi connectivity index (χ3n) is 10.7. The highest BCUT2D eigenvalue weighted by Crippen LogP contribution is 2.73. The first-order valence-electron chi connectivity index (χ1n) is 14.1. The molecular weight excluding hydrogens is 508 g/mol. The van der Waals surface area contributed by atoms with Crippen LogP contribution in [0.3, 0.4) is 0 Å².